The highest BCUT2D eigenvalue weighted by Crippen LogP contribution is 2.35. The predicted molar refractivity (Wildman–Crippen MR) is 57.2 cm³/mol. The molecule has 0 aromatic rings. The molecule has 0 radical (unpaired) electrons. The Morgan fingerprint density at radius 1 is 1.50 bits per heavy atom. The first-order valence-corrected chi connectivity index (χ1v) is 5.77. The highest BCUT2D eigenvalue weighted by atomic mass is 16.5. The molecule has 2 heterocycles. The summed E-state index contributed by atoms with van der Waals surface area (Å²) in [5.41, 5.74) is 6.08. The van der Waals surface area contributed by atoms with Crippen LogP contribution in [0.3, 0.4) is 0 Å². The molecular weight excluding hydrogens is 176 g/mol. The molecule has 0 spiro atoms. The molecule has 2 N–H and O–H groups in total. The van der Waals surface area contributed by atoms with Crippen molar-refractivity contribution in [3.8, 4) is 0 Å². The van der Waals surface area contributed by atoms with Crippen molar-refractivity contribution in [1.29, 1.82) is 0 Å². The molecule has 0 aromatic carbocycles. The van der Waals surface area contributed by atoms with Crippen molar-refractivity contribution in [2.45, 2.75) is 38.3 Å². The van der Waals surface area contributed by atoms with E-state index in [2.05, 4.69) is 18.7 Å². The molecule has 14 heavy (non-hydrogen) atoms. The average Bonchev–Trinajstić information content (AvgIpc) is 2.47. The minimum Gasteiger partial charge on any atom is -0.376 e. The van der Waals surface area contributed by atoms with Crippen LogP contribution in [0.15, 0.2) is 0 Å². The third kappa shape index (κ3) is 1.58. The average molecular weight is 198 g/mol. The Labute approximate surface area is 86.6 Å². The summed E-state index contributed by atoms with van der Waals surface area (Å²) in [6, 6.07) is 0. The second-order valence-corrected chi connectivity index (χ2v) is 4.93. The van der Waals surface area contributed by atoms with Crippen LogP contribution in [0.1, 0.15) is 26.7 Å². The van der Waals surface area contributed by atoms with Gasteiger partial charge in [0.25, 0.3) is 0 Å². The molecule has 3 heteroatoms. The van der Waals surface area contributed by atoms with Crippen molar-refractivity contribution in [3.05, 3.63) is 0 Å². The minimum atomic E-state index is 0.172. The van der Waals surface area contributed by atoms with Crippen molar-refractivity contribution >= 4 is 0 Å². The Balaban J connectivity index is 1.94. The third-order valence-electron chi connectivity index (χ3n) is 3.89. The monoisotopic (exact) mass is 198 g/mol. The zero-order valence-corrected chi connectivity index (χ0v) is 9.33. The minimum absolute atomic E-state index is 0.172. The molecule has 2 unspecified atom stereocenters. The van der Waals surface area contributed by atoms with Crippen molar-refractivity contribution in [3.63, 3.8) is 0 Å². The number of nitrogens with two attached hydrogens (primary N) is 1. The van der Waals surface area contributed by atoms with Gasteiger partial charge in [-0.15, -0.1) is 0 Å². The van der Waals surface area contributed by atoms with Crippen LogP contribution in [0.25, 0.3) is 0 Å². The van der Waals surface area contributed by atoms with E-state index in [1.165, 1.54) is 19.5 Å². The summed E-state index contributed by atoms with van der Waals surface area (Å²) in [7, 11) is 0. The van der Waals surface area contributed by atoms with Gasteiger partial charge >= 0.3 is 0 Å². The molecule has 2 rings (SSSR count). The van der Waals surface area contributed by atoms with E-state index in [4.69, 9.17) is 10.5 Å². The zero-order chi connectivity index (χ0) is 10.2. The van der Waals surface area contributed by atoms with Gasteiger partial charge in [-0.3, -0.25) is 4.90 Å². The van der Waals surface area contributed by atoms with Crippen molar-refractivity contribution in [1.82, 2.24) is 4.90 Å². The smallest absolute Gasteiger partial charge is 0.0667 e. The Bertz CT molecular complexity index is 203. The molecule has 2 aliphatic rings. The van der Waals surface area contributed by atoms with Crippen molar-refractivity contribution in [2.75, 3.05) is 26.2 Å². The lowest BCUT2D eigenvalue weighted by Crippen LogP contribution is -2.63. The van der Waals surface area contributed by atoms with E-state index in [-0.39, 0.29) is 5.54 Å². The molecule has 3 nitrogen and oxygen atoms in total. The summed E-state index contributed by atoms with van der Waals surface area (Å²) in [5, 5.41) is 0. The lowest BCUT2D eigenvalue weighted by molar-refractivity contribution is -0.0187. The highest BCUT2D eigenvalue weighted by molar-refractivity contribution is 5.01. The number of hydrogen-bond donors (Lipinski definition) is 1. The second kappa shape index (κ2) is 3.80. The molecule has 0 aromatic heterocycles. The number of hydrogen-bond acceptors (Lipinski definition) is 3. The quantitative estimate of drug-likeness (QED) is 0.730. The summed E-state index contributed by atoms with van der Waals surface area (Å²) in [6.07, 6.45) is 2.80. The third-order valence-corrected chi connectivity index (χ3v) is 3.89. The second-order valence-electron chi connectivity index (χ2n) is 4.93. The fraction of sp³-hybridized carbons (Fsp3) is 1.00. The normalized spacial score (nSPS) is 40.1. The molecule has 0 bridgehead atoms. The number of likely N-dealkylation sites (tertiary alicyclic amines) is 1. The fourth-order valence-corrected chi connectivity index (χ4v) is 2.66. The Kier molecular flexibility index (Phi) is 2.82. The van der Waals surface area contributed by atoms with E-state index in [9.17, 15) is 0 Å². The van der Waals surface area contributed by atoms with Crippen LogP contribution in [0.2, 0.25) is 0 Å². The van der Waals surface area contributed by atoms with E-state index < -0.39 is 0 Å². The van der Waals surface area contributed by atoms with Gasteiger partial charge in [0, 0.05) is 19.6 Å². The van der Waals surface area contributed by atoms with E-state index in [1.54, 1.807) is 0 Å². The molecule has 2 saturated heterocycles. The first-order valence-electron chi connectivity index (χ1n) is 5.77. The molecular formula is C11H22N2O. The van der Waals surface area contributed by atoms with Gasteiger partial charge < -0.3 is 10.5 Å². The summed E-state index contributed by atoms with van der Waals surface area (Å²) in [5.74, 6) is 0.898. The fourth-order valence-electron chi connectivity index (χ4n) is 2.66. The molecule has 2 atom stereocenters. The zero-order valence-electron chi connectivity index (χ0n) is 9.33. The van der Waals surface area contributed by atoms with Gasteiger partial charge in [0.1, 0.15) is 0 Å². The summed E-state index contributed by atoms with van der Waals surface area (Å²) < 4.78 is 5.66. The van der Waals surface area contributed by atoms with Crippen LogP contribution < -0.4 is 5.73 Å². The van der Waals surface area contributed by atoms with Gasteiger partial charge in [0.15, 0.2) is 0 Å². The Morgan fingerprint density at radius 2 is 2.21 bits per heavy atom. The van der Waals surface area contributed by atoms with Crippen LogP contribution in [0.5, 0.6) is 0 Å². The van der Waals surface area contributed by atoms with E-state index in [1.807, 2.05) is 0 Å². The van der Waals surface area contributed by atoms with Crippen LogP contribution in [-0.2, 0) is 4.74 Å². The molecule has 0 aliphatic carbocycles. The maximum Gasteiger partial charge on any atom is 0.0667 e. The van der Waals surface area contributed by atoms with Crippen molar-refractivity contribution in [2.24, 2.45) is 11.7 Å². The topological polar surface area (TPSA) is 38.5 Å². The molecule has 0 amide bonds. The van der Waals surface area contributed by atoms with Crippen LogP contribution in [0, 0.1) is 5.92 Å². The van der Waals surface area contributed by atoms with Gasteiger partial charge in [-0.2, -0.15) is 0 Å². The maximum atomic E-state index is 5.91. The standard InChI is InChI=1S/C11H22N2O/c1-3-10-5-13(6-10)11(7-12)4-9(2)14-8-11/h9-10H,3-8,12H2,1-2H3. The first-order chi connectivity index (χ1) is 6.70. The molecule has 82 valence electrons. The lowest BCUT2D eigenvalue weighted by Gasteiger charge is -2.49. The lowest BCUT2D eigenvalue weighted by atomic mass is 9.86. The SMILES string of the molecule is CCC1CN(C2(CN)COC(C)C2)C1. The number of rotatable bonds is 3. The Hall–Kier alpha value is -0.120. The summed E-state index contributed by atoms with van der Waals surface area (Å²) in [4.78, 5) is 2.53. The maximum absolute atomic E-state index is 5.91. The predicted octanol–water partition coefficient (Wildman–Crippen LogP) is 0.834. The summed E-state index contributed by atoms with van der Waals surface area (Å²) >= 11 is 0. The van der Waals surface area contributed by atoms with Gasteiger partial charge in [-0.25, -0.2) is 0 Å². The van der Waals surface area contributed by atoms with Gasteiger partial charge in [-0.05, 0) is 19.3 Å². The van der Waals surface area contributed by atoms with Gasteiger partial charge in [0.05, 0.1) is 18.2 Å². The molecule has 2 aliphatic heterocycles. The molecule has 2 fully saturated rings. The van der Waals surface area contributed by atoms with E-state index in [0.717, 1.165) is 25.5 Å². The van der Waals surface area contributed by atoms with Crippen LogP contribution in [-0.4, -0.2) is 42.8 Å². The van der Waals surface area contributed by atoms with Crippen molar-refractivity contribution < 1.29 is 4.74 Å². The van der Waals surface area contributed by atoms with E-state index >= 15 is 0 Å². The highest BCUT2D eigenvalue weighted by Gasteiger charge is 2.46. The van der Waals surface area contributed by atoms with Crippen LogP contribution >= 0.6 is 0 Å². The Morgan fingerprint density at radius 3 is 2.64 bits per heavy atom. The molecule has 0 saturated carbocycles. The number of nitrogens with zero attached hydrogens (tertiary/aromatic N) is 1. The number of ether oxygens (including phenoxy) is 1. The van der Waals surface area contributed by atoms with Gasteiger partial charge in [-0.1, -0.05) is 13.3 Å². The van der Waals surface area contributed by atoms with E-state index in [0.29, 0.717) is 6.10 Å². The summed E-state index contributed by atoms with van der Waals surface area (Å²) in [6.45, 7) is 8.45. The largest absolute Gasteiger partial charge is 0.376 e. The first kappa shape index (κ1) is 10.4. The van der Waals surface area contributed by atoms with Crippen LogP contribution in [0.4, 0.5) is 0 Å². The van der Waals surface area contributed by atoms with Gasteiger partial charge in [0.2, 0.25) is 0 Å².